The molecule has 5 heteroatoms. The first-order valence-corrected chi connectivity index (χ1v) is 6.84. The minimum absolute atomic E-state index is 0.582. The molecule has 1 heterocycles. The number of halogens is 1. The minimum Gasteiger partial charge on any atom is -0.397 e. The predicted octanol–water partition coefficient (Wildman–Crippen LogP) is 3.19. The third kappa shape index (κ3) is 2.77. The zero-order chi connectivity index (χ0) is 14.8. The van der Waals surface area contributed by atoms with Gasteiger partial charge in [-0.25, -0.2) is 4.98 Å². The zero-order valence-electron chi connectivity index (χ0n) is 11.1. The average Bonchev–Trinajstić information content (AvgIpc) is 3.01. The summed E-state index contributed by atoms with van der Waals surface area (Å²) in [5, 5.41) is 11.1. The Bertz CT molecular complexity index is 739. The Morgan fingerprint density at radius 2 is 1.81 bits per heavy atom. The maximum Gasteiger partial charge on any atom is 0.104 e. The number of anilines is 1. The minimum atomic E-state index is -0.735. The van der Waals surface area contributed by atoms with Crippen LogP contribution in [0.1, 0.15) is 17.2 Å². The molecule has 0 spiro atoms. The highest BCUT2D eigenvalue weighted by molar-refractivity contribution is 6.30. The molecule has 0 bridgehead atoms. The largest absolute Gasteiger partial charge is 0.397 e. The molecule has 0 saturated carbocycles. The van der Waals surface area contributed by atoms with E-state index in [-0.39, 0.29) is 0 Å². The summed E-state index contributed by atoms with van der Waals surface area (Å²) in [6.07, 6.45) is 4.46. The topological polar surface area (TPSA) is 64.1 Å². The van der Waals surface area contributed by atoms with Crippen LogP contribution in [0.2, 0.25) is 5.02 Å². The molecule has 0 saturated heterocycles. The van der Waals surface area contributed by atoms with Gasteiger partial charge in [-0.3, -0.25) is 0 Å². The van der Waals surface area contributed by atoms with Crippen molar-refractivity contribution in [2.24, 2.45) is 0 Å². The highest BCUT2D eigenvalue weighted by atomic mass is 35.5. The molecule has 4 nitrogen and oxygen atoms in total. The molecule has 1 unspecified atom stereocenters. The third-order valence-corrected chi connectivity index (χ3v) is 3.59. The van der Waals surface area contributed by atoms with Crippen LogP contribution >= 0.6 is 11.6 Å². The van der Waals surface area contributed by atoms with Crippen molar-refractivity contribution >= 4 is 17.3 Å². The second-order valence-electron chi connectivity index (χ2n) is 4.74. The van der Waals surface area contributed by atoms with Gasteiger partial charge < -0.3 is 15.4 Å². The summed E-state index contributed by atoms with van der Waals surface area (Å²) < 4.78 is 1.83. The van der Waals surface area contributed by atoms with E-state index in [4.69, 9.17) is 17.3 Å². The number of nitrogen functional groups attached to an aromatic ring is 1. The molecule has 2 aromatic carbocycles. The number of aromatic nitrogens is 2. The monoisotopic (exact) mass is 299 g/mol. The van der Waals surface area contributed by atoms with E-state index in [0.717, 1.165) is 16.8 Å². The maximum absolute atomic E-state index is 10.4. The summed E-state index contributed by atoms with van der Waals surface area (Å²) in [4.78, 5) is 4.00. The number of aliphatic hydroxyl groups excluding tert-OH is 1. The molecule has 3 N–H and O–H groups in total. The van der Waals surface area contributed by atoms with Crippen LogP contribution in [0.5, 0.6) is 0 Å². The van der Waals surface area contributed by atoms with Crippen LogP contribution in [0.4, 0.5) is 5.69 Å². The fourth-order valence-electron chi connectivity index (χ4n) is 2.22. The first-order chi connectivity index (χ1) is 10.1. The SMILES string of the molecule is Nc1cc(C(O)c2ccc(Cl)cc2)ccc1-n1ccnc1. The van der Waals surface area contributed by atoms with Gasteiger partial charge in [-0.1, -0.05) is 29.8 Å². The second-order valence-corrected chi connectivity index (χ2v) is 5.18. The van der Waals surface area contributed by atoms with E-state index in [1.165, 1.54) is 0 Å². The second kappa shape index (κ2) is 5.60. The van der Waals surface area contributed by atoms with Gasteiger partial charge in [-0.15, -0.1) is 0 Å². The van der Waals surface area contributed by atoms with Gasteiger partial charge in [-0.2, -0.15) is 0 Å². The van der Waals surface area contributed by atoms with E-state index in [1.54, 1.807) is 42.9 Å². The van der Waals surface area contributed by atoms with Crippen molar-refractivity contribution in [1.82, 2.24) is 9.55 Å². The lowest BCUT2D eigenvalue weighted by atomic mass is 10.0. The standard InChI is InChI=1S/C16H14ClN3O/c17-13-4-1-11(2-5-13)16(21)12-3-6-15(14(18)9-12)20-8-7-19-10-20/h1-10,16,21H,18H2. The molecule has 21 heavy (non-hydrogen) atoms. The number of hydrogen-bond donors (Lipinski definition) is 2. The van der Waals surface area contributed by atoms with Crippen molar-refractivity contribution in [2.45, 2.75) is 6.10 Å². The molecule has 1 atom stereocenters. The molecule has 0 fully saturated rings. The van der Waals surface area contributed by atoms with Crippen molar-refractivity contribution in [2.75, 3.05) is 5.73 Å². The molecular formula is C16H14ClN3O. The van der Waals surface area contributed by atoms with Crippen LogP contribution in [-0.2, 0) is 0 Å². The van der Waals surface area contributed by atoms with Gasteiger partial charge in [0.25, 0.3) is 0 Å². The average molecular weight is 300 g/mol. The lowest BCUT2D eigenvalue weighted by Gasteiger charge is -2.14. The number of aliphatic hydroxyl groups is 1. The smallest absolute Gasteiger partial charge is 0.104 e. The lowest BCUT2D eigenvalue weighted by Crippen LogP contribution is -2.03. The molecule has 0 aliphatic rings. The molecule has 0 aliphatic heterocycles. The molecule has 1 aromatic heterocycles. The van der Waals surface area contributed by atoms with Crippen molar-refractivity contribution in [3.05, 3.63) is 77.3 Å². The van der Waals surface area contributed by atoms with Gasteiger partial charge in [0.05, 0.1) is 17.7 Å². The Kier molecular flexibility index (Phi) is 3.64. The van der Waals surface area contributed by atoms with Gasteiger partial charge in [-0.05, 0) is 35.4 Å². The van der Waals surface area contributed by atoms with E-state index in [1.807, 2.05) is 22.9 Å². The summed E-state index contributed by atoms with van der Waals surface area (Å²) in [7, 11) is 0. The number of hydrogen-bond acceptors (Lipinski definition) is 3. The normalized spacial score (nSPS) is 12.3. The maximum atomic E-state index is 10.4. The van der Waals surface area contributed by atoms with Gasteiger partial charge in [0.2, 0.25) is 0 Å². The van der Waals surface area contributed by atoms with Crippen LogP contribution in [0.15, 0.2) is 61.2 Å². The summed E-state index contributed by atoms with van der Waals surface area (Å²) in [6.45, 7) is 0. The number of rotatable bonds is 3. The highest BCUT2D eigenvalue weighted by Gasteiger charge is 2.12. The Labute approximate surface area is 127 Å². The Balaban J connectivity index is 1.93. The first-order valence-electron chi connectivity index (χ1n) is 6.46. The Hall–Kier alpha value is -2.30. The molecule has 0 radical (unpaired) electrons. The Morgan fingerprint density at radius 1 is 1.10 bits per heavy atom. The fraction of sp³-hybridized carbons (Fsp3) is 0.0625. The van der Waals surface area contributed by atoms with Crippen molar-refractivity contribution in [3.63, 3.8) is 0 Å². The lowest BCUT2D eigenvalue weighted by molar-refractivity contribution is 0.220. The van der Waals surface area contributed by atoms with Crippen LogP contribution in [0.25, 0.3) is 5.69 Å². The third-order valence-electron chi connectivity index (χ3n) is 3.34. The number of benzene rings is 2. The summed E-state index contributed by atoms with van der Waals surface area (Å²) in [6, 6.07) is 12.6. The van der Waals surface area contributed by atoms with Crippen LogP contribution in [-0.4, -0.2) is 14.7 Å². The summed E-state index contributed by atoms with van der Waals surface area (Å²) in [5.74, 6) is 0. The fourth-order valence-corrected chi connectivity index (χ4v) is 2.34. The van der Waals surface area contributed by atoms with Crippen molar-refractivity contribution in [3.8, 4) is 5.69 Å². The molecule has 3 aromatic rings. The van der Waals surface area contributed by atoms with E-state index in [2.05, 4.69) is 4.98 Å². The van der Waals surface area contributed by atoms with Gasteiger partial charge >= 0.3 is 0 Å². The summed E-state index contributed by atoms with van der Waals surface area (Å²) >= 11 is 5.86. The van der Waals surface area contributed by atoms with Gasteiger partial charge in [0.1, 0.15) is 6.10 Å². The van der Waals surface area contributed by atoms with E-state index >= 15 is 0 Å². The van der Waals surface area contributed by atoms with E-state index in [0.29, 0.717) is 10.7 Å². The van der Waals surface area contributed by atoms with Crippen molar-refractivity contribution in [1.29, 1.82) is 0 Å². The highest BCUT2D eigenvalue weighted by Crippen LogP contribution is 2.27. The molecule has 0 aliphatic carbocycles. The predicted molar refractivity (Wildman–Crippen MR) is 83.5 cm³/mol. The first kappa shape index (κ1) is 13.7. The number of nitrogens with two attached hydrogens (primary N) is 1. The Morgan fingerprint density at radius 3 is 2.43 bits per heavy atom. The van der Waals surface area contributed by atoms with Crippen molar-refractivity contribution < 1.29 is 5.11 Å². The zero-order valence-corrected chi connectivity index (χ0v) is 11.9. The van der Waals surface area contributed by atoms with Gasteiger partial charge in [0, 0.05) is 17.4 Å². The molecule has 0 amide bonds. The van der Waals surface area contributed by atoms with Crippen LogP contribution in [0.3, 0.4) is 0 Å². The van der Waals surface area contributed by atoms with Crippen LogP contribution < -0.4 is 5.73 Å². The van der Waals surface area contributed by atoms with E-state index in [9.17, 15) is 5.11 Å². The summed E-state index contributed by atoms with van der Waals surface area (Å²) in [5.41, 5.74) is 8.99. The molecular weight excluding hydrogens is 286 g/mol. The van der Waals surface area contributed by atoms with E-state index < -0.39 is 6.10 Å². The number of nitrogens with zero attached hydrogens (tertiary/aromatic N) is 2. The van der Waals surface area contributed by atoms with Gasteiger partial charge in [0.15, 0.2) is 0 Å². The molecule has 3 rings (SSSR count). The van der Waals surface area contributed by atoms with Crippen LogP contribution in [0, 0.1) is 0 Å². The number of imidazole rings is 1. The quantitative estimate of drug-likeness (QED) is 0.730. The molecule has 106 valence electrons.